The van der Waals surface area contributed by atoms with E-state index in [-0.39, 0.29) is 0 Å². The van der Waals surface area contributed by atoms with E-state index in [9.17, 15) is 0 Å². The summed E-state index contributed by atoms with van der Waals surface area (Å²) in [6.07, 6.45) is 2.16. The van der Waals surface area contributed by atoms with Gasteiger partial charge in [-0.05, 0) is 19.9 Å². The third-order valence-electron chi connectivity index (χ3n) is 2.70. The molecule has 0 radical (unpaired) electrons. The number of ether oxygens (including phenoxy) is 1. The van der Waals surface area contributed by atoms with Gasteiger partial charge in [-0.15, -0.1) is 0 Å². The van der Waals surface area contributed by atoms with Crippen LogP contribution in [0, 0.1) is 5.92 Å². The first-order valence-electron chi connectivity index (χ1n) is 4.53. The van der Waals surface area contributed by atoms with Gasteiger partial charge in [0.15, 0.2) is 0 Å². The van der Waals surface area contributed by atoms with E-state index < -0.39 is 0 Å². The summed E-state index contributed by atoms with van der Waals surface area (Å²) in [6, 6.07) is 0.551. The highest BCUT2D eigenvalue weighted by Gasteiger charge is 2.42. The predicted octanol–water partition coefficient (Wildman–Crippen LogP) is 1.41. The average Bonchev–Trinajstić information content (AvgIpc) is 2.68. The molecule has 3 unspecified atom stereocenters. The fourth-order valence-corrected chi connectivity index (χ4v) is 1.61. The molecule has 1 aliphatic rings. The van der Waals surface area contributed by atoms with Crippen molar-refractivity contribution in [3.63, 3.8) is 0 Å². The Hall–Kier alpha value is -0.0800. The number of rotatable bonds is 4. The van der Waals surface area contributed by atoms with Gasteiger partial charge in [0.1, 0.15) is 0 Å². The second kappa shape index (κ2) is 3.55. The molecular weight excluding hydrogens is 138 g/mol. The lowest BCUT2D eigenvalue weighted by atomic mass is 9.95. The smallest absolute Gasteiger partial charge is 0.0993 e. The first kappa shape index (κ1) is 9.01. The molecule has 1 fully saturated rings. The van der Waals surface area contributed by atoms with Crippen LogP contribution in [0.15, 0.2) is 0 Å². The first-order chi connectivity index (χ1) is 5.20. The Balaban J connectivity index is 2.37. The van der Waals surface area contributed by atoms with Gasteiger partial charge < -0.3 is 10.1 Å². The monoisotopic (exact) mass is 157 g/mol. The summed E-state index contributed by atoms with van der Waals surface area (Å²) in [4.78, 5) is 0. The van der Waals surface area contributed by atoms with E-state index in [2.05, 4.69) is 26.1 Å². The molecule has 1 saturated heterocycles. The third kappa shape index (κ3) is 1.94. The minimum absolute atomic E-state index is 0.468. The van der Waals surface area contributed by atoms with Crippen LogP contribution in [0.1, 0.15) is 27.2 Å². The zero-order chi connectivity index (χ0) is 8.43. The summed E-state index contributed by atoms with van der Waals surface area (Å²) < 4.78 is 5.43. The maximum atomic E-state index is 5.43. The van der Waals surface area contributed by atoms with Crippen molar-refractivity contribution < 1.29 is 4.74 Å². The minimum atomic E-state index is 0.468. The molecule has 1 N–H and O–H groups in total. The average molecular weight is 157 g/mol. The number of hydrogen-bond acceptors (Lipinski definition) is 2. The Labute approximate surface area is 69.3 Å². The van der Waals surface area contributed by atoms with E-state index >= 15 is 0 Å². The van der Waals surface area contributed by atoms with Crippen LogP contribution in [0.3, 0.4) is 0 Å². The van der Waals surface area contributed by atoms with E-state index in [0.717, 1.165) is 5.92 Å². The van der Waals surface area contributed by atoms with Crippen molar-refractivity contribution in [3.05, 3.63) is 0 Å². The van der Waals surface area contributed by atoms with Gasteiger partial charge in [0.05, 0.1) is 12.2 Å². The minimum Gasteiger partial charge on any atom is -0.368 e. The molecule has 0 spiro atoms. The topological polar surface area (TPSA) is 24.6 Å². The quantitative estimate of drug-likeness (QED) is 0.624. The van der Waals surface area contributed by atoms with Gasteiger partial charge >= 0.3 is 0 Å². The maximum absolute atomic E-state index is 5.43. The van der Waals surface area contributed by atoms with Gasteiger partial charge in [0.2, 0.25) is 0 Å². The second-order valence-electron chi connectivity index (χ2n) is 3.51. The fourth-order valence-electron chi connectivity index (χ4n) is 1.61. The number of nitrogens with one attached hydrogen (secondary N) is 1. The van der Waals surface area contributed by atoms with Gasteiger partial charge in [0, 0.05) is 6.04 Å². The van der Waals surface area contributed by atoms with Crippen molar-refractivity contribution in [2.45, 2.75) is 45.4 Å². The summed E-state index contributed by atoms with van der Waals surface area (Å²) in [5, 5.41) is 3.32. The molecule has 0 aromatic carbocycles. The van der Waals surface area contributed by atoms with Crippen molar-refractivity contribution >= 4 is 0 Å². The highest BCUT2D eigenvalue weighted by Crippen LogP contribution is 2.29. The predicted molar refractivity (Wildman–Crippen MR) is 46.6 cm³/mol. The molecule has 0 aliphatic carbocycles. The molecule has 11 heavy (non-hydrogen) atoms. The Bertz CT molecular complexity index is 123. The summed E-state index contributed by atoms with van der Waals surface area (Å²) in [6.45, 7) is 6.63. The molecule has 1 heterocycles. The summed E-state index contributed by atoms with van der Waals surface area (Å²) in [5.41, 5.74) is 0. The molecule has 0 aromatic heterocycles. The molecule has 0 amide bonds. The first-order valence-corrected chi connectivity index (χ1v) is 4.53. The van der Waals surface area contributed by atoms with Crippen LogP contribution < -0.4 is 5.32 Å². The summed E-state index contributed by atoms with van der Waals surface area (Å²) in [5.74, 6) is 0.718. The van der Waals surface area contributed by atoms with E-state index in [1.807, 2.05) is 7.05 Å². The highest BCUT2D eigenvalue weighted by molar-refractivity contribution is 4.93. The fraction of sp³-hybridized carbons (Fsp3) is 1.00. The number of likely N-dealkylation sites (N-methyl/N-ethyl adjacent to an activating group) is 1. The summed E-state index contributed by atoms with van der Waals surface area (Å²) >= 11 is 0. The van der Waals surface area contributed by atoms with Crippen LogP contribution in [-0.4, -0.2) is 25.3 Å². The largest absolute Gasteiger partial charge is 0.368 e. The van der Waals surface area contributed by atoms with Crippen molar-refractivity contribution in [1.29, 1.82) is 0 Å². The molecule has 0 saturated carbocycles. The lowest BCUT2D eigenvalue weighted by molar-refractivity contribution is 0.284. The molecule has 0 bridgehead atoms. The third-order valence-corrected chi connectivity index (χ3v) is 2.70. The Morgan fingerprint density at radius 2 is 2.09 bits per heavy atom. The molecule has 0 aromatic rings. The van der Waals surface area contributed by atoms with Crippen LogP contribution in [-0.2, 0) is 4.74 Å². The Kier molecular flexibility index (Phi) is 2.90. The number of epoxide rings is 1. The standard InChI is InChI=1S/C9H19NO/c1-5-6(2)8(10-4)9-7(3)11-9/h6-10H,5H2,1-4H3/t6?,7?,8-,9?/m0/s1. The van der Waals surface area contributed by atoms with Gasteiger partial charge in [-0.1, -0.05) is 20.3 Å². The molecule has 2 heteroatoms. The lowest BCUT2D eigenvalue weighted by Gasteiger charge is -2.20. The van der Waals surface area contributed by atoms with E-state index in [0.29, 0.717) is 18.2 Å². The molecule has 2 nitrogen and oxygen atoms in total. The van der Waals surface area contributed by atoms with Gasteiger partial charge in [-0.3, -0.25) is 0 Å². The van der Waals surface area contributed by atoms with Crippen molar-refractivity contribution in [1.82, 2.24) is 5.32 Å². The zero-order valence-electron chi connectivity index (χ0n) is 7.92. The molecular formula is C9H19NO. The van der Waals surface area contributed by atoms with Gasteiger partial charge in [0.25, 0.3) is 0 Å². The zero-order valence-corrected chi connectivity index (χ0v) is 7.92. The van der Waals surface area contributed by atoms with Crippen LogP contribution in [0.25, 0.3) is 0 Å². The van der Waals surface area contributed by atoms with E-state index in [4.69, 9.17) is 4.74 Å². The van der Waals surface area contributed by atoms with E-state index in [1.165, 1.54) is 6.42 Å². The second-order valence-corrected chi connectivity index (χ2v) is 3.51. The highest BCUT2D eigenvalue weighted by atomic mass is 16.6. The normalized spacial score (nSPS) is 34.9. The SMILES string of the molecule is CCC(C)[C@H](NC)C1OC1C. The number of hydrogen-bond donors (Lipinski definition) is 1. The molecule has 4 atom stereocenters. The Morgan fingerprint density at radius 1 is 1.55 bits per heavy atom. The lowest BCUT2D eigenvalue weighted by Crippen LogP contribution is -2.37. The van der Waals surface area contributed by atoms with Crippen LogP contribution in [0.4, 0.5) is 0 Å². The van der Waals surface area contributed by atoms with Crippen LogP contribution in [0.2, 0.25) is 0 Å². The molecule has 66 valence electrons. The molecule has 1 rings (SSSR count). The maximum Gasteiger partial charge on any atom is 0.0993 e. The van der Waals surface area contributed by atoms with Gasteiger partial charge in [-0.2, -0.15) is 0 Å². The van der Waals surface area contributed by atoms with E-state index in [1.54, 1.807) is 0 Å². The Morgan fingerprint density at radius 3 is 2.36 bits per heavy atom. The van der Waals surface area contributed by atoms with Crippen LogP contribution >= 0.6 is 0 Å². The van der Waals surface area contributed by atoms with Crippen molar-refractivity contribution in [2.24, 2.45) is 5.92 Å². The van der Waals surface area contributed by atoms with Crippen molar-refractivity contribution in [2.75, 3.05) is 7.05 Å². The molecule has 1 aliphatic heterocycles. The van der Waals surface area contributed by atoms with Crippen LogP contribution in [0.5, 0.6) is 0 Å². The van der Waals surface area contributed by atoms with Gasteiger partial charge in [-0.25, -0.2) is 0 Å². The van der Waals surface area contributed by atoms with Crippen molar-refractivity contribution in [3.8, 4) is 0 Å². The summed E-state index contributed by atoms with van der Waals surface area (Å²) in [7, 11) is 2.02.